The third-order valence-corrected chi connectivity index (χ3v) is 7.90. The van der Waals surface area contributed by atoms with E-state index in [2.05, 4.69) is 0 Å². The van der Waals surface area contributed by atoms with Crippen molar-refractivity contribution < 1.29 is 34.8 Å². The van der Waals surface area contributed by atoms with Gasteiger partial charge in [0.15, 0.2) is 11.4 Å². The third-order valence-electron chi connectivity index (χ3n) is 7.90. The van der Waals surface area contributed by atoms with E-state index in [0.717, 1.165) is 11.1 Å². The number of hydrogen-bond donors (Lipinski definition) is 5. The summed E-state index contributed by atoms with van der Waals surface area (Å²) in [6.07, 6.45) is 4.03. The van der Waals surface area contributed by atoms with Crippen molar-refractivity contribution >= 4 is 35.4 Å². The number of Topliss-reactive ketones (excluding diaryl/α,β-unsaturated/α-hetero) is 2. The van der Waals surface area contributed by atoms with Gasteiger partial charge in [-0.3, -0.25) is 19.3 Å². The minimum atomic E-state index is -2.65. The van der Waals surface area contributed by atoms with Crippen LogP contribution in [0.25, 0.3) is 17.9 Å². The molecule has 3 aliphatic rings. The number of fused-ring (bicyclic) bond motifs is 3. The van der Waals surface area contributed by atoms with Gasteiger partial charge >= 0.3 is 0 Å². The number of nitrogens with zero attached hydrogens (tertiary/aromatic N) is 1. The van der Waals surface area contributed by atoms with Crippen molar-refractivity contribution in [2.75, 3.05) is 14.1 Å². The van der Waals surface area contributed by atoms with E-state index < -0.39 is 58.0 Å². The molecule has 4 atom stereocenters. The number of rotatable bonds is 4. The highest BCUT2D eigenvalue weighted by Crippen LogP contribution is 2.53. The number of primary amides is 1. The molecule has 196 valence electrons. The van der Waals surface area contributed by atoms with E-state index >= 15 is 0 Å². The molecule has 0 aromatic heterocycles. The van der Waals surface area contributed by atoms with E-state index in [4.69, 9.17) is 5.73 Å². The Morgan fingerprint density at radius 1 is 1.05 bits per heavy atom. The van der Waals surface area contributed by atoms with E-state index in [9.17, 15) is 34.8 Å². The van der Waals surface area contributed by atoms with Crippen LogP contribution in [0.2, 0.25) is 0 Å². The molecule has 9 heteroatoms. The van der Waals surface area contributed by atoms with Gasteiger partial charge in [-0.1, -0.05) is 48.6 Å². The average Bonchev–Trinajstić information content (AvgIpc) is 2.86. The number of ketones is 2. The molecule has 5 rings (SSSR count). The second-order valence-corrected chi connectivity index (χ2v) is 10.2. The lowest BCUT2D eigenvalue weighted by atomic mass is 9.57. The first-order valence-electron chi connectivity index (χ1n) is 12.2. The number of amides is 1. The third kappa shape index (κ3) is 3.58. The molecular weight excluding hydrogens is 488 g/mol. The maximum atomic E-state index is 13.9. The number of aliphatic hydroxyl groups is 3. The summed E-state index contributed by atoms with van der Waals surface area (Å²) in [7, 11) is 3.13. The molecule has 2 aromatic carbocycles. The predicted molar refractivity (Wildman–Crippen MR) is 140 cm³/mol. The summed E-state index contributed by atoms with van der Waals surface area (Å²) in [4.78, 5) is 40.6. The fourth-order valence-electron chi connectivity index (χ4n) is 6.17. The van der Waals surface area contributed by atoms with Gasteiger partial charge in [0.2, 0.25) is 5.78 Å². The summed E-state index contributed by atoms with van der Waals surface area (Å²) in [5, 5.41) is 44.5. The van der Waals surface area contributed by atoms with Gasteiger partial charge in [-0.2, -0.15) is 0 Å². The lowest BCUT2D eigenvalue weighted by Gasteiger charge is -2.50. The number of aromatic hydroxyl groups is 1. The SMILES string of the molecule is CN(C)[C@@H]1C(=O)C(C(N)=O)=C(O)[C@@]2(O)C(=O)C3=C(O)c4c(O)ccc(/C=C/c5ccccc5)c4CC3CC12. The largest absolute Gasteiger partial charge is 0.508 e. The summed E-state index contributed by atoms with van der Waals surface area (Å²) in [5.74, 6) is -6.65. The topological polar surface area (TPSA) is 161 Å². The van der Waals surface area contributed by atoms with Crippen molar-refractivity contribution in [3.8, 4) is 5.75 Å². The fourth-order valence-corrected chi connectivity index (χ4v) is 6.17. The van der Waals surface area contributed by atoms with Crippen LogP contribution in [0.5, 0.6) is 5.75 Å². The molecule has 0 radical (unpaired) electrons. The lowest BCUT2D eigenvalue weighted by molar-refractivity contribution is -0.153. The Kier molecular flexibility index (Phi) is 6.00. The number of carbonyl (C=O) groups is 3. The number of hydrogen-bond acceptors (Lipinski definition) is 8. The number of likely N-dealkylation sites (N-methyl/N-ethyl adjacent to an activating group) is 1. The zero-order valence-corrected chi connectivity index (χ0v) is 20.9. The van der Waals surface area contributed by atoms with Crippen molar-refractivity contribution in [1.29, 1.82) is 0 Å². The number of carbonyl (C=O) groups excluding carboxylic acids is 3. The number of nitrogens with two attached hydrogens (primary N) is 1. The van der Waals surface area contributed by atoms with Crippen LogP contribution in [0.1, 0.15) is 28.7 Å². The van der Waals surface area contributed by atoms with Crippen LogP contribution in [0, 0.1) is 11.8 Å². The molecule has 38 heavy (non-hydrogen) atoms. The summed E-state index contributed by atoms with van der Waals surface area (Å²) >= 11 is 0. The minimum Gasteiger partial charge on any atom is -0.508 e. The quantitative estimate of drug-likeness (QED) is 0.305. The molecule has 2 aromatic rings. The highest BCUT2D eigenvalue weighted by Gasteiger charge is 2.64. The maximum Gasteiger partial charge on any atom is 0.255 e. The van der Waals surface area contributed by atoms with Gasteiger partial charge in [0.1, 0.15) is 22.8 Å². The van der Waals surface area contributed by atoms with Crippen LogP contribution in [-0.2, 0) is 20.8 Å². The molecule has 1 fully saturated rings. The van der Waals surface area contributed by atoms with Crippen LogP contribution < -0.4 is 5.73 Å². The van der Waals surface area contributed by atoms with E-state index in [0.29, 0.717) is 5.56 Å². The predicted octanol–water partition coefficient (Wildman–Crippen LogP) is 2.13. The highest BCUT2D eigenvalue weighted by molar-refractivity contribution is 6.24. The second kappa shape index (κ2) is 8.97. The molecule has 6 N–H and O–H groups in total. The van der Waals surface area contributed by atoms with E-state index in [-0.39, 0.29) is 29.7 Å². The Morgan fingerprint density at radius 2 is 1.74 bits per heavy atom. The zero-order valence-electron chi connectivity index (χ0n) is 20.9. The molecule has 0 spiro atoms. The number of phenolic OH excluding ortho intramolecular Hbond substituents is 1. The lowest BCUT2D eigenvalue weighted by Crippen LogP contribution is -2.65. The van der Waals surface area contributed by atoms with Gasteiger partial charge in [0, 0.05) is 11.5 Å². The molecular formula is C29H28N2O7. The fraction of sp³-hybridized carbons (Fsp3) is 0.276. The molecule has 1 saturated carbocycles. The normalized spacial score (nSPS) is 27.0. The van der Waals surface area contributed by atoms with Crippen LogP contribution in [-0.4, -0.2) is 68.5 Å². The first-order chi connectivity index (χ1) is 18.0. The van der Waals surface area contributed by atoms with Crippen molar-refractivity contribution in [3.05, 3.63) is 81.6 Å². The van der Waals surface area contributed by atoms with Crippen LogP contribution in [0.3, 0.4) is 0 Å². The highest BCUT2D eigenvalue weighted by atomic mass is 16.3. The molecule has 0 bridgehead atoms. The smallest absolute Gasteiger partial charge is 0.255 e. The summed E-state index contributed by atoms with van der Waals surface area (Å²) in [5.41, 5.74) is 4.05. The van der Waals surface area contributed by atoms with Crippen molar-refractivity contribution in [3.63, 3.8) is 0 Å². The van der Waals surface area contributed by atoms with Gasteiger partial charge in [-0.15, -0.1) is 0 Å². The number of aliphatic hydroxyl groups excluding tert-OH is 2. The zero-order chi connectivity index (χ0) is 27.5. The van der Waals surface area contributed by atoms with E-state index in [1.807, 2.05) is 42.5 Å². The first kappa shape index (κ1) is 25.4. The molecule has 2 unspecified atom stereocenters. The summed E-state index contributed by atoms with van der Waals surface area (Å²) in [6.45, 7) is 0. The van der Waals surface area contributed by atoms with Crippen molar-refractivity contribution in [2.24, 2.45) is 17.6 Å². The Hall–Kier alpha value is -4.21. The average molecular weight is 517 g/mol. The van der Waals surface area contributed by atoms with Crippen molar-refractivity contribution in [1.82, 2.24) is 4.90 Å². The van der Waals surface area contributed by atoms with Crippen molar-refractivity contribution in [2.45, 2.75) is 24.5 Å². The van der Waals surface area contributed by atoms with Gasteiger partial charge in [-0.05, 0) is 55.6 Å². The standard InChI is InChI=1S/C29H28N2O7/c1-31(2)23-18-13-16-12-17-15(9-8-14-6-4-3-5-7-14)10-11-19(32)21(17)24(33)20(16)26(35)29(18,38)27(36)22(25(23)34)28(30)37/h3-11,16,18,23,32-33,36,38H,12-13H2,1-2H3,(H2,30,37)/b9-8+/t16?,18?,23-,29-/m0/s1. The molecule has 0 heterocycles. The van der Waals surface area contributed by atoms with Crippen LogP contribution in [0.4, 0.5) is 0 Å². The van der Waals surface area contributed by atoms with Gasteiger partial charge in [0.25, 0.3) is 5.91 Å². The Balaban J connectivity index is 1.68. The molecule has 0 aliphatic heterocycles. The number of phenols is 1. The molecule has 9 nitrogen and oxygen atoms in total. The van der Waals surface area contributed by atoms with Gasteiger partial charge in [-0.25, -0.2) is 0 Å². The Bertz CT molecular complexity index is 1470. The minimum absolute atomic E-state index is 0.0449. The number of benzene rings is 2. The monoisotopic (exact) mass is 516 g/mol. The Morgan fingerprint density at radius 3 is 2.37 bits per heavy atom. The molecule has 1 amide bonds. The van der Waals surface area contributed by atoms with Crippen LogP contribution >= 0.6 is 0 Å². The first-order valence-corrected chi connectivity index (χ1v) is 12.2. The Labute approximate surface area is 218 Å². The van der Waals surface area contributed by atoms with Gasteiger partial charge < -0.3 is 26.2 Å². The second-order valence-electron chi connectivity index (χ2n) is 10.2. The maximum absolute atomic E-state index is 13.9. The summed E-state index contributed by atoms with van der Waals surface area (Å²) in [6, 6.07) is 11.6. The van der Waals surface area contributed by atoms with Gasteiger partial charge in [0.05, 0.1) is 11.6 Å². The molecule has 3 aliphatic carbocycles. The summed E-state index contributed by atoms with van der Waals surface area (Å²) < 4.78 is 0. The molecule has 0 saturated heterocycles. The van der Waals surface area contributed by atoms with Crippen LogP contribution in [0.15, 0.2) is 59.4 Å². The van der Waals surface area contributed by atoms with E-state index in [1.165, 1.54) is 11.0 Å². The van der Waals surface area contributed by atoms with E-state index in [1.54, 1.807) is 20.2 Å².